The Bertz CT molecular complexity index is 1140. The van der Waals surface area contributed by atoms with Gasteiger partial charge in [0.15, 0.2) is 0 Å². The summed E-state index contributed by atoms with van der Waals surface area (Å²) in [6, 6.07) is 18.4. The van der Waals surface area contributed by atoms with Crippen molar-refractivity contribution in [3.63, 3.8) is 0 Å². The average Bonchev–Trinajstić information content (AvgIpc) is 3.46. The maximum Gasteiger partial charge on any atom is 0.457 e. The second-order valence-electron chi connectivity index (χ2n) is 7.64. The summed E-state index contributed by atoms with van der Waals surface area (Å²) in [6.45, 7) is 2.02. The quantitative estimate of drug-likeness (QED) is 0.578. The summed E-state index contributed by atoms with van der Waals surface area (Å²) in [5.74, 6) is 0.401. The van der Waals surface area contributed by atoms with E-state index in [0.29, 0.717) is 40.9 Å². The van der Waals surface area contributed by atoms with E-state index in [9.17, 15) is 13.6 Å². The highest BCUT2D eigenvalue weighted by atomic mass is 32.2. The van der Waals surface area contributed by atoms with Crippen molar-refractivity contribution < 1.29 is 18.3 Å². The van der Waals surface area contributed by atoms with E-state index in [4.69, 9.17) is 4.74 Å². The van der Waals surface area contributed by atoms with Crippen molar-refractivity contribution >= 4 is 23.5 Å². The van der Waals surface area contributed by atoms with Gasteiger partial charge in [0.05, 0.1) is 16.0 Å². The molecule has 1 amide bonds. The number of nitrogens with zero attached hydrogens (tertiary/aromatic N) is 1. The molecule has 0 saturated heterocycles. The van der Waals surface area contributed by atoms with Crippen LogP contribution in [0.4, 0.5) is 14.6 Å². The zero-order valence-electron chi connectivity index (χ0n) is 16.1. The molecule has 0 unspecified atom stereocenters. The lowest BCUT2D eigenvalue weighted by Crippen LogP contribution is -2.28. The molecule has 1 aliphatic carbocycles. The van der Waals surface area contributed by atoms with Crippen molar-refractivity contribution in [2.75, 3.05) is 5.32 Å². The average molecular weight is 424 g/mol. The molecule has 3 aromatic rings. The lowest BCUT2D eigenvalue weighted by atomic mass is 9.94. The van der Waals surface area contributed by atoms with Crippen LogP contribution in [0.1, 0.15) is 24.0 Å². The third kappa shape index (κ3) is 3.43. The Morgan fingerprint density at radius 2 is 1.87 bits per heavy atom. The van der Waals surface area contributed by atoms with Gasteiger partial charge in [-0.15, -0.1) is 0 Å². The standard InChI is InChI=1S/C23H18F2N2O2S/c1-14-5-7-15(8-6-14)17-3-2-4-20(26-17)27-21(28)22(11-12-22)16-9-10-19-18(13-16)29-23(24,25)30-19/h2-10,13H,11-12H2,1H3,(H,26,27,28). The summed E-state index contributed by atoms with van der Waals surface area (Å²) in [5.41, 5.74) is -0.419. The van der Waals surface area contributed by atoms with Crippen LogP contribution in [0.2, 0.25) is 0 Å². The normalized spacial score (nSPS) is 17.7. The van der Waals surface area contributed by atoms with Gasteiger partial charge in [-0.25, -0.2) is 4.98 Å². The number of carbonyl (C=O) groups is 1. The molecule has 2 aliphatic rings. The number of ether oxygens (including phenoxy) is 1. The number of alkyl halides is 2. The second-order valence-corrected chi connectivity index (χ2v) is 8.76. The molecular formula is C23H18F2N2O2S. The molecule has 1 N–H and O–H groups in total. The van der Waals surface area contributed by atoms with E-state index in [0.717, 1.165) is 16.8 Å². The third-order valence-corrected chi connectivity index (χ3v) is 6.35. The van der Waals surface area contributed by atoms with Gasteiger partial charge in [0.25, 0.3) is 0 Å². The lowest BCUT2D eigenvalue weighted by Gasteiger charge is -2.16. The SMILES string of the molecule is Cc1ccc(-c2cccc(NC(=O)C3(c4ccc5c(c4)OC(F)(F)S5)CC3)n2)cc1. The Kier molecular flexibility index (Phi) is 4.32. The largest absolute Gasteiger partial charge is 0.457 e. The van der Waals surface area contributed by atoms with Crippen molar-refractivity contribution in [2.24, 2.45) is 0 Å². The van der Waals surface area contributed by atoms with E-state index in [1.807, 2.05) is 43.3 Å². The zero-order valence-corrected chi connectivity index (χ0v) is 16.9. The van der Waals surface area contributed by atoms with Gasteiger partial charge in [-0.2, -0.15) is 8.78 Å². The fourth-order valence-electron chi connectivity index (χ4n) is 3.64. The highest BCUT2D eigenvalue weighted by Crippen LogP contribution is 2.54. The number of benzene rings is 2. The molecule has 5 rings (SSSR count). The smallest absolute Gasteiger partial charge is 0.423 e. The summed E-state index contributed by atoms with van der Waals surface area (Å²) in [5, 5.41) is 2.90. The van der Waals surface area contributed by atoms with Gasteiger partial charge < -0.3 is 10.1 Å². The van der Waals surface area contributed by atoms with Gasteiger partial charge in [-0.1, -0.05) is 42.0 Å². The number of nitrogens with one attached hydrogen (secondary N) is 1. The van der Waals surface area contributed by atoms with Crippen LogP contribution >= 0.6 is 11.8 Å². The minimum atomic E-state index is -3.26. The van der Waals surface area contributed by atoms with Crippen LogP contribution in [0.25, 0.3) is 11.3 Å². The van der Waals surface area contributed by atoms with Crippen LogP contribution < -0.4 is 10.1 Å². The number of aromatic nitrogens is 1. The third-order valence-electron chi connectivity index (χ3n) is 5.48. The van der Waals surface area contributed by atoms with Gasteiger partial charge in [0, 0.05) is 5.56 Å². The number of hydrogen-bond acceptors (Lipinski definition) is 4. The molecule has 0 radical (unpaired) electrons. The first-order valence-electron chi connectivity index (χ1n) is 9.61. The van der Waals surface area contributed by atoms with Gasteiger partial charge in [0.1, 0.15) is 11.6 Å². The molecule has 4 nitrogen and oxygen atoms in total. The van der Waals surface area contributed by atoms with E-state index in [1.54, 1.807) is 24.3 Å². The maximum atomic E-state index is 13.5. The molecule has 0 atom stereocenters. The maximum absolute atomic E-state index is 13.5. The first-order chi connectivity index (χ1) is 14.3. The van der Waals surface area contributed by atoms with Gasteiger partial charge in [-0.05, 0) is 61.4 Å². The number of rotatable bonds is 4. The molecule has 2 aromatic carbocycles. The first-order valence-corrected chi connectivity index (χ1v) is 10.4. The summed E-state index contributed by atoms with van der Waals surface area (Å²) >= 11 is 0.378. The molecule has 30 heavy (non-hydrogen) atoms. The van der Waals surface area contributed by atoms with E-state index >= 15 is 0 Å². The van der Waals surface area contributed by atoms with Crippen molar-refractivity contribution in [1.29, 1.82) is 0 Å². The van der Waals surface area contributed by atoms with Crippen LogP contribution in [-0.4, -0.2) is 16.3 Å². The monoisotopic (exact) mass is 424 g/mol. The minimum absolute atomic E-state index is 0.126. The second kappa shape index (κ2) is 6.80. The lowest BCUT2D eigenvalue weighted by molar-refractivity contribution is -0.118. The highest BCUT2D eigenvalue weighted by Gasteiger charge is 2.52. The van der Waals surface area contributed by atoms with E-state index in [2.05, 4.69) is 10.3 Å². The molecule has 1 saturated carbocycles. The van der Waals surface area contributed by atoms with E-state index in [1.165, 1.54) is 0 Å². The number of hydrogen-bond donors (Lipinski definition) is 1. The number of fused-ring (bicyclic) bond motifs is 1. The number of halogens is 2. The topological polar surface area (TPSA) is 51.2 Å². The van der Waals surface area contributed by atoms with Gasteiger partial charge in [-0.3, -0.25) is 4.79 Å². The molecule has 0 spiro atoms. The van der Waals surface area contributed by atoms with Crippen LogP contribution in [0.5, 0.6) is 5.75 Å². The van der Waals surface area contributed by atoms with Crippen molar-refractivity contribution in [3.05, 3.63) is 71.8 Å². The van der Waals surface area contributed by atoms with E-state index < -0.39 is 10.9 Å². The Labute approximate surface area is 176 Å². The molecular weight excluding hydrogens is 406 g/mol. The van der Waals surface area contributed by atoms with Gasteiger partial charge >= 0.3 is 5.44 Å². The summed E-state index contributed by atoms with van der Waals surface area (Å²) in [6.07, 6.45) is 1.30. The Morgan fingerprint density at radius 1 is 1.10 bits per heavy atom. The summed E-state index contributed by atoms with van der Waals surface area (Å²) < 4.78 is 31.7. The van der Waals surface area contributed by atoms with Crippen LogP contribution in [0.15, 0.2) is 65.6 Å². The van der Waals surface area contributed by atoms with Crippen LogP contribution in [0.3, 0.4) is 0 Å². The number of thioether (sulfide) groups is 1. The molecule has 1 aliphatic heterocycles. The highest BCUT2D eigenvalue weighted by molar-refractivity contribution is 8.00. The molecule has 1 aromatic heterocycles. The molecule has 2 heterocycles. The Morgan fingerprint density at radius 3 is 2.60 bits per heavy atom. The summed E-state index contributed by atoms with van der Waals surface area (Å²) in [4.78, 5) is 18.0. The van der Waals surface area contributed by atoms with Gasteiger partial charge in [0.2, 0.25) is 5.91 Å². The van der Waals surface area contributed by atoms with Crippen molar-refractivity contribution in [2.45, 2.75) is 35.5 Å². The number of aryl methyl sites for hydroxylation is 1. The predicted octanol–water partition coefficient (Wildman–Crippen LogP) is 5.76. The van der Waals surface area contributed by atoms with Crippen molar-refractivity contribution in [3.8, 4) is 17.0 Å². The van der Waals surface area contributed by atoms with Crippen molar-refractivity contribution in [1.82, 2.24) is 4.98 Å². The molecule has 152 valence electrons. The number of pyridine rings is 1. The fourth-order valence-corrected chi connectivity index (χ4v) is 4.37. The number of carbonyl (C=O) groups excluding carboxylic acids is 1. The molecule has 1 fully saturated rings. The Balaban J connectivity index is 1.37. The minimum Gasteiger partial charge on any atom is -0.423 e. The fraction of sp³-hybridized carbons (Fsp3) is 0.217. The molecule has 0 bridgehead atoms. The first kappa shape index (κ1) is 19.1. The van der Waals surface area contributed by atoms with Crippen LogP contribution in [0, 0.1) is 6.92 Å². The molecule has 7 heteroatoms. The summed E-state index contributed by atoms with van der Waals surface area (Å²) in [7, 11) is 0. The van der Waals surface area contributed by atoms with Crippen LogP contribution in [-0.2, 0) is 10.2 Å². The number of anilines is 1. The zero-order chi connectivity index (χ0) is 20.9. The Hall–Kier alpha value is -2.93. The van der Waals surface area contributed by atoms with E-state index in [-0.39, 0.29) is 11.7 Å². The predicted molar refractivity (Wildman–Crippen MR) is 112 cm³/mol. The number of amides is 1.